The van der Waals surface area contributed by atoms with Crippen LogP contribution in [-0.2, 0) is 6.42 Å². The first-order valence-electron chi connectivity index (χ1n) is 7.23. The van der Waals surface area contributed by atoms with Gasteiger partial charge < -0.3 is 10.8 Å². The highest BCUT2D eigenvalue weighted by molar-refractivity contribution is 5.97. The second-order valence-corrected chi connectivity index (χ2v) is 5.37. The number of pyridine rings is 1. The molecule has 0 aliphatic heterocycles. The summed E-state index contributed by atoms with van der Waals surface area (Å²) in [5.41, 5.74) is 5.99. The van der Waals surface area contributed by atoms with E-state index in [0.29, 0.717) is 22.2 Å². The first kappa shape index (κ1) is 15.5. The van der Waals surface area contributed by atoms with Crippen molar-refractivity contribution >= 4 is 28.5 Å². The molecule has 0 saturated carbocycles. The molecule has 1 heterocycles. The molecule has 1 aromatic heterocycles. The fraction of sp³-hybridized carbons (Fsp3) is 0.0556. The van der Waals surface area contributed by atoms with Crippen molar-refractivity contribution in [1.29, 1.82) is 0 Å². The number of rotatable bonds is 3. The number of nitrogens with zero attached hydrogens (tertiary/aromatic N) is 1. The van der Waals surface area contributed by atoms with Gasteiger partial charge in [0.15, 0.2) is 0 Å². The van der Waals surface area contributed by atoms with Gasteiger partial charge in [0.05, 0.1) is 11.9 Å². The van der Waals surface area contributed by atoms with Crippen molar-refractivity contribution < 1.29 is 14.7 Å². The molecule has 0 saturated heterocycles. The highest BCUT2D eigenvalue weighted by atomic mass is 16.4. The number of hydrogen-bond donors (Lipinski definition) is 2. The zero-order valence-corrected chi connectivity index (χ0v) is 12.6. The fourth-order valence-corrected chi connectivity index (χ4v) is 2.55. The number of carboxylic acid groups (broad SMARTS) is 1. The smallest absolute Gasteiger partial charge is 0.341 e. The van der Waals surface area contributed by atoms with E-state index in [2.05, 4.69) is 0 Å². The van der Waals surface area contributed by atoms with Gasteiger partial charge in [0.25, 0.3) is 5.56 Å². The monoisotopic (exact) mass is 322 g/mol. The van der Waals surface area contributed by atoms with Crippen molar-refractivity contribution in [3.05, 3.63) is 76.1 Å². The number of fused-ring (bicyclic) bond motifs is 1. The number of nitrogens with two attached hydrogens (primary N) is 1. The Kier molecular flexibility index (Phi) is 3.87. The topological polar surface area (TPSA) is 102 Å². The summed E-state index contributed by atoms with van der Waals surface area (Å²) in [5.74, 6) is -1.86. The predicted molar refractivity (Wildman–Crippen MR) is 90.4 cm³/mol. The van der Waals surface area contributed by atoms with Crippen LogP contribution in [0, 0.1) is 0 Å². The molecule has 0 bridgehead atoms. The summed E-state index contributed by atoms with van der Waals surface area (Å²) in [6.07, 6.45) is -0.0345. The molecule has 3 rings (SSSR count). The number of aromatic nitrogens is 1. The van der Waals surface area contributed by atoms with E-state index in [4.69, 9.17) is 5.73 Å². The summed E-state index contributed by atoms with van der Waals surface area (Å²) < 4.78 is 0.926. The van der Waals surface area contributed by atoms with E-state index in [1.807, 2.05) is 0 Å². The standard InChI is InChI=1S/C18H14N2O4/c19-13-7-5-11(6-8-13)9-16(21)20-15-4-2-1-3-12(15)10-14(17(20)22)18(23)24/h1-8,10H,9,19H2,(H,23,24). The molecule has 0 aliphatic carbocycles. The first-order chi connectivity index (χ1) is 11.5. The number of carbonyl (C=O) groups excluding carboxylic acids is 1. The van der Waals surface area contributed by atoms with Crippen LogP contribution in [0.3, 0.4) is 0 Å². The number of benzene rings is 2. The third kappa shape index (κ3) is 2.77. The van der Waals surface area contributed by atoms with Crippen molar-refractivity contribution in [2.75, 3.05) is 5.73 Å². The second kappa shape index (κ2) is 6.00. The Bertz CT molecular complexity index is 1000. The molecular formula is C18H14N2O4. The summed E-state index contributed by atoms with van der Waals surface area (Å²) in [4.78, 5) is 36.4. The lowest BCUT2D eigenvalue weighted by Gasteiger charge is -2.10. The van der Waals surface area contributed by atoms with Crippen molar-refractivity contribution in [3.8, 4) is 0 Å². The van der Waals surface area contributed by atoms with Crippen molar-refractivity contribution in [2.24, 2.45) is 0 Å². The minimum atomic E-state index is -1.36. The van der Waals surface area contributed by atoms with Crippen LogP contribution in [0.5, 0.6) is 0 Å². The molecule has 6 heteroatoms. The Labute approximate surface area is 136 Å². The minimum absolute atomic E-state index is 0.0345. The van der Waals surface area contributed by atoms with Crippen molar-refractivity contribution in [1.82, 2.24) is 4.57 Å². The van der Waals surface area contributed by atoms with Crippen LogP contribution in [0.15, 0.2) is 59.4 Å². The summed E-state index contributed by atoms with van der Waals surface area (Å²) in [7, 11) is 0. The molecule has 0 fully saturated rings. The largest absolute Gasteiger partial charge is 0.477 e. The number of carbonyl (C=O) groups is 2. The van der Waals surface area contributed by atoms with Crippen LogP contribution in [0.4, 0.5) is 5.69 Å². The Balaban J connectivity index is 2.15. The normalized spacial score (nSPS) is 10.7. The van der Waals surface area contributed by atoms with Gasteiger partial charge in [0.2, 0.25) is 5.91 Å². The van der Waals surface area contributed by atoms with Gasteiger partial charge in [0, 0.05) is 5.69 Å². The number of aromatic carboxylic acids is 1. The van der Waals surface area contributed by atoms with E-state index < -0.39 is 23.0 Å². The van der Waals surface area contributed by atoms with E-state index in [1.165, 1.54) is 6.07 Å². The number of carboxylic acids is 1. The molecule has 0 radical (unpaired) electrons. The molecule has 0 spiro atoms. The SMILES string of the molecule is Nc1ccc(CC(=O)n2c(=O)c(C(=O)O)cc3ccccc32)cc1. The van der Waals surface area contributed by atoms with Crippen molar-refractivity contribution in [3.63, 3.8) is 0 Å². The van der Waals surface area contributed by atoms with Gasteiger partial charge in [-0.1, -0.05) is 30.3 Å². The molecule has 3 N–H and O–H groups in total. The highest BCUT2D eigenvalue weighted by Crippen LogP contribution is 2.15. The first-order valence-corrected chi connectivity index (χ1v) is 7.23. The van der Waals surface area contributed by atoms with E-state index in [1.54, 1.807) is 48.5 Å². The van der Waals surface area contributed by atoms with Gasteiger partial charge in [0.1, 0.15) is 5.56 Å². The van der Waals surface area contributed by atoms with Crippen LogP contribution in [-0.4, -0.2) is 21.6 Å². The maximum absolute atomic E-state index is 12.6. The van der Waals surface area contributed by atoms with Gasteiger partial charge in [-0.3, -0.25) is 9.59 Å². The highest BCUT2D eigenvalue weighted by Gasteiger charge is 2.18. The van der Waals surface area contributed by atoms with E-state index >= 15 is 0 Å². The van der Waals surface area contributed by atoms with Crippen LogP contribution in [0.2, 0.25) is 0 Å². The van der Waals surface area contributed by atoms with Gasteiger partial charge in [-0.25, -0.2) is 9.36 Å². The van der Waals surface area contributed by atoms with Gasteiger partial charge in [-0.2, -0.15) is 0 Å². The van der Waals surface area contributed by atoms with Gasteiger partial charge >= 0.3 is 5.97 Å². The molecule has 2 aromatic carbocycles. The Morgan fingerprint density at radius 1 is 1.04 bits per heavy atom. The summed E-state index contributed by atoms with van der Waals surface area (Å²) in [5, 5.41) is 9.73. The molecule has 0 amide bonds. The fourth-order valence-electron chi connectivity index (χ4n) is 2.55. The zero-order chi connectivity index (χ0) is 17.3. The van der Waals surface area contributed by atoms with E-state index in [-0.39, 0.29) is 6.42 Å². The van der Waals surface area contributed by atoms with Crippen LogP contribution in [0.25, 0.3) is 10.9 Å². The molecule has 120 valence electrons. The Morgan fingerprint density at radius 2 is 1.71 bits per heavy atom. The molecule has 24 heavy (non-hydrogen) atoms. The van der Waals surface area contributed by atoms with E-state index in [9.17, 15) is 19.5 Å². The summed E-state index contributed by atoms with van der Waals surface area (Å²) >= 11 is 0. The molecule has 0 unspecified atom stereocenters. The van der Waals surface area contributed by atoms with Crippen LogP contribution >= 0.6 is 0 Å². The van der Waals surface area contributed by atoms with Crippen LogP contribution < -0.4 is 11.3 Å². The number of para-hydroxylation sites is 1. The van der Waals surface area contributed by atoms with Gasteiger partial charge in [-0.05, 0) is 35.2 Å². The zero-order valence-electron chi connectivity index (χ0n) is 12.6. The number of hydrogen-bond acceptors (Lipinski definition) is 4. The Hall–Kier alpha value is -3.41. The third-order valence-corrected chi connectivity index (χ3v) is 3.73. The average molecular weight is 322 g/mol. The number of anilines is 1. The average Bonchev–Trinajstić information content (AvgIpc) is 2.56. The number of nitrogen functional groups attached to an aromatic ring is 1. The lowest BCUT2D eigenvalue weighted by atomic mass is 10.1. The molecule has 6 nitrogen and oxygen atoms in total. The van der Waals surface area contributed by atoms with Gasteiger partial charge in [-0.15, -0.1) is 0 Å². The molecular weight excluding hydrogens is 308 g/mol. The predicted octanol–water partition coefficient (Wildman–Crippen LogP) is 2.16. The van der Waals surface area contributed by atoms with E-state index in [0.717, 1.165) is 4.57 Å². The molecule has 0 atom stereocenters. The lowest BCUT2D eigenvalue weighted by Crippen LogP contribution is -2.32. The maximum atomic E-state index is 12.6. The quantitative estimate of drug-likeness (QED) is 0.719. The molecule has 0 aliphatic rings. The summed E-state index contributed by atoms with van der Waals surface area (Å²) in [6, 6.07) is 14.7. The van der Waals surface area contributed by atoms with Crippen LogP contribution in [0.1, 0.15) is 20.7 Å². The Morgan fingerprint density at radius 3 is 2.38 bits per heavy atom. The second-order valence-electron chi connectivity index (χ2n) is 5.37. The third-order valence-electron chi connectivity index (χ3n) is 3.73. The lowest BCUT2D eigenvalue weighted by molar-refractivity contribution is 0.0694. The van der Waals surface area contributed by atoms with Crippen molar-refractivity contribution in [2.45, 2.75) is 6.42 Å². The minimum Gasteiger partial charge on any atom is -0.477 e. The molecule has 3 aromatic rings. The summed E-state index contributed by atoms with van der Waals surface area (Å²) in [6.45, 7) is 0. The maximum Gasteiger partial charge on any atom is 0.341 e.